The second kappa shape index (κ2) is 6.33. The molecule has 2 N–H and O–H groups in total. The van der Waals surface area contributed by atoms with E-state index in [0.717, 1.165) is 18.5 Å². The monoisotopic (exact) mass is 279 g/mol. The number of rotatable bonds is 3. The minimum Gasteiger partial charge on any atom is -0.330 e. The Morgan fingerprint density at radius 3 is 2.60 bits per heavy atom. The highest BCUT2D eigenvalue weighted by Crippen LogP contribution is 2.39. The first-order valence-corrected chi connectivity index (χ1v) is 8.87. The topological polar surface area (TPSA) is 32.5 Å². The van der Waals surface area contributed by atoms with Gasteiger partial charge in [-0.25, -0.2) is 0 Å². The molecule has 2 aliphatic heterocycles. The Morgan fingerprint density at radius 2 is 1.85 bits per heavy atom. The normalized spacial score (nSPS) is 40.5. The van der Waals surface area contributed by atoms with Crippen molar-refractivity contribution >= 4 is 0 Å². The maximum atomic E-state index is 6.20. The molecule has 1 unspecified atom stereocenters. The fourth-order valence-electron chi connectivity index (χ4n) is 4.64. The highest BCUT2D eigenvalue weighted by atomic mass is 15.3. The van der Waals surface area contributed by atoms with Gasteiger partial charge in [0.2, 0.25) is 0 Å². The third kappa shape index (κ3) is 3.20. The van der Waals surface area contributed by atoms with Crippen molar-refractivity contribution in [3.8, 4) is 0 Å². The fourth-order valence-corrected chi connectivity index (χ4v) is 4.64. The van der Waals surface area contributed by atoms with Crippen LogP contribution in [0.5, 0.6) is 0 Å². The maximum Gasteiger partial charge on any atom is 0.0223 e. The van der Waals surface area contributed by atoms with E-state index in [2.05, 4.69) is 16.7 Å². The van der Waals surface area contributed by atoms with E-state index in [1.807, 2.05) is 0 Å². The van der Waals surface area contributed by atoms with E-state index in [9.17, 15) is 0 Å². The lowest BCUT2D eigenvalue weighted by Crippen LogP contribution is -2.57. The van der Waals surface area contributed by atoms with Gasteiger partial charge in [0.25, 0.3) is 0 Å². The van der Waals surface area contributed by atoms with Gasteiger partial charge in [0.1, 0.15) is 0 Å². The van der Waals surface area contributed by atoms with Crippen LogP contribution in [0, 0.1) is 11.3 Å². The van der Waals surface area contributed by atoms with E-state index in [-0.39, 0.29) is 0 Å². The van der Waals surface area contributed by atoms with Gasteiger partial charge < -0.3 is 5.73 Å². The molecule has 0 bridgehead atoms. The van der Waals surface area contributed by atoms with Crippen LogP contribution in [0.4, 0.5) is 0 Å². The Bertz CT molecular complexity index is 309. The van der Waals surface area contributed by atoms with Crippen molar-refractivity contribution in [1.82, 2.24) is 9.80 Å². The largest absolute Gasteiger partial charge is 0.330 e. The standard InChI is InChI=1S/C17H33N3/c1-15-5-7-17(13-18,8-6-15)14-19-10-11-20-9-3-2-4-16(20)12-19/h15-16H,2-14,18H2,1H3. The molecule has 116 valence electrons. The lowest BCUT2D eigenvalue weighted by Gasteiger charge is -2.48. The molecule has 0 aromatic carbocycles. The van der Waals surface area contributed by atoms with Crippen molar-refractivity contribution in [2.75, 3.05) is 39.3 Å². The second-order valence-corrected chi connectivity index (χ2v) is 7.81. The summed E-state index contributed by atoms with van der Waals surface area (Å²) in [6, 6.07) is 0.842. The summed E-state index contributed by atoms with van der Waals surface area (Å²) in [6.45, 7) is 9.78. The lowest BCUT2D eigenvalue weighted by atomic mass is 9.70. The molecule has 1 saturated carbocycles. The first-order valence-electron chi connectivity index (χ1n) is 8.87. The zero-order chi connectivity index (χ0) is 14.0. The Balaban J connectivity index is 1.56. The molecule has 1 aliphatic carbocycles. The van der Waals surface area contributed by atoms with Gasteiger partial charge in [0, 0.05) is 32.2 Å². The number of hydrogen-bond donors (Lipinski definition) is 1. The quantitative estimate of drug-likeness (QED) is 0.860. The van der Waals surface area contributed by atoms with E-state index in [1.54, 1.807) is 0 Å². The summed E-state index contributed by atoms with van der Waals surface area (Å²) >= 11 is 0. The van der Waals surface area contributed by atoms with E-state index in [0.29, 0.717) is 5.41 Å². The zero-order valence-electron chi connectivity index (χ0n) is 13.3. The van der Waals surface area contributed by atoms with Crippen molar-refractivity contribution in [3.63, 3.8) is 0 Å². The molecule has 0 spiro atoms. The molecule has 3 nitrogen and oxygen atoms in total. The number of piperidine rings is 1. The molecule has 0 radical (unpaired) electrons. The Kier molecular flexibility index (Phi) is 4.68. The smallest absolute Gasteiger partial charge is 0.0223 e. The van der Waals surface area contributed by atoms with Crippen molar-refractivity contribution in [3.05, 3.63) is 0 Å². The molecule has 1 atom stereocenters. The van der Waals surface area contributed by atoms with Crippen LogP contribution >= 0.6 is 0 Å². The molecule has 2 heterocycles. The summed E-state index contributed by atoms with van der Waals surface area (Å²) in [5, 5.41) is 0. The highest BCUT2D eigenvalue weighted by molar-refractivity contribution is 4.92. The molecule has 3 rings (SSSR count). The summed E-state index contributed by atoms with van der Waals surface area (Å²) in [5.41, 5.74) is 6.63. The van der Waals surface area contributed by atoms with Crippen molar-refractivity contribution in [1.29, 1.82) is 0 Å². The van der Waals surface area contributed by atoms with E-state index < -0.39 is 0 Å². The summed E-state index contributed by atoms with van der Waals surface area (Å²) in [6.07, 6.45) is 9.77. The Labute approximate surface area is 124 Å². The van der Waals surface area contributed by atoms with Crippen molar-refractivity contribution in [2.24, 2.45) is 17.1 Å². The lowest BCUT2D eigenvalue weighted by molar-refractivity contribution is 0.0146. The number of nitrogens with two attached hydrogens (primary N) is 1. The van der Waals surface area contributed by atoms with E-state index >= 15 is 0 Å². The molecular formula is C17H33N3. The second-order valence-electron chi connectivity index (χ2n) is 7.81. The molecule has 0 aromatic heterocycles. The van der Waals surface area contributed by atoms with E-state index in [4.69, 9.17) is 5.73 Å². The van der Waals surface area contributed by atoms with Gasteiger partial charge in [0.15, 0.2) is 0 Å². The van der Waals surface area contributed by atoms with Gasteiger partial charge in [-0.1, -0.05) is 26.2 Å². The number of hydrogen-bond acceptors (Lipinski definition) is 3. The van der Waals surface area contributed by atoms with Gasteiger partial charge in [0.05, 0.1) is 0 Å². The molecule has 3 aliphatic rings. The van der Waals surface area contributed by atoms with Gasteiger partial charge >= 0.3 is 0 Å². The SMILES string of the molecule is CC1CCC(CN)(CN2CCN3CCCCC3C2)CC1. The zero-order valence-corrected chi connectivity index (χ0v) is 13.3. The molecule has 2 saturated heterocycles. The molecule has 0 amide bonds. The molecule has 0 aromatic rings. The third-order valence-electron chi connectivity index (χ3n) is 6.25. The van der Waals surface area contributed by atoms with Gasteiger partial charge in [-0.2, -0.15) is 0 Å². The summed E-state index contributed by atoms with van der Waals surface area (Å²) in [5.74, 6) is 0.921. The van der Waals surface area contributed by atoms with Gasteiger partial charge in [-0.3, -0.25) is 9.80 Å². The highest BCUT2D eigenvalue weighted by Gasteiger charge is 2.37. The average Bonchev–Trinajstić information content (AvgIpc) is 2.50. The Hall–Kier alpha value is -0.120. The maximum absolute atomic E-state index is 6.20. The molecule has 3 heteroatoms. The van der Waals surface area contributed by atoms with Gasteiger partial charge in [-0.05, 0) is 50.1 Å². The minimum absolute atomic E-state index is 0.434. The first-order chi connectivity index (χ1) is 9.71. The number of piperazine rings is 1. The van der Waals surface area contributed by atoms with Gasteiger partial charge in [-0.15, -0.1) is 0 Å². The third-order valence-corrected chi connectivity index (χ3v) is 6.25. The van der Waals surface area contributed by atoms with Crippen LogP contribution in [0.2, 0.25) is 0 Å². The predicted octanol–water partition coefficient (Wildman–Crippen LogP) is 2.31. The molecule has 20 heavy (non-hydrogen) atoms. The average molecular weight is 279 g/mol. The summed E-state index contributed by atoms with van der Waals surface area (Å²) in [7, 11) is 0. The summed E-state index contributed by atoms with van der Waals surface area (Å²) < 4.78 is 0. The Morgan fingerprint density at radius 1 is 1.05 bits per heavy atom. The number of fused-ring (bicyclic) bond motifs is 1. The van der Waals surface area contributed by atoms with Crippen LogP contribution < -0.4 is 5.73 Å². The van der Waals surface area contributed by atoms with Crippen LogP contribution in [-0.4, -0.2) is 55.1 Å². The van der Waals surface area contributed by atoms with Crippen molar-refractivity contribution < 1.29 is 0 Å². The van der Waals surface area contributed by atoms with Crippen molar-refractivity contribution in [2.45, 2.75) is 57.9 Å². The predicted molar refractivity (Wildman–Crippen MR) is 84.8 cm³/mol. The summed E-state index contributed by atoms with van der Waals surface area (Å²) in [4.78, 5) is 5.48. The van der Waals surface area contributed by atoms with E-state index in [1.165, 1.54) is 77.7 Å². The molecule has 3 fully saturated rings. The van der Waals surface area contributed by atoms with Crippen LogP contribution in [0.1, 0.15) is 51.9 Å². The minimum atomic E-state index is 0.434. The molecular weight excluding hydrogens is 246 g/mol. The van der Waals surface area contributed by atoms with Crippen LogP contribution in [0.25, 0.3) is 0 Å². The fraction of sp³-hybridized carbons (Fsp3) is 1.00. The first kappa shape index (κ1) is 14.8. The van der Waals surface area contributed by atoms with Crippen LogP contribution in [-0.2, 0) is 0 Å². The number of nitrogens with zero attached hydrogens (tertiary/aromatic N) is 2. The van der Waals surface area contributed by atoms with Crippen LogP contribution in [0.15, 0.2) is 0 Å². The van der Waals surface area contributed by atoms with Crippen LogP contribution in [0.3, 0.4) is 0 Å².